The maximum Gasteiger partial charge on any atom is 0.0462 e. The topological polar surface area (TPSA) is 9.23 Å². The van der Waals surface area contributed by atoms with Crippen LogP contribution in [-0.4, -0.2) is 18.5 Å². The molecule has 0 aliphatic heterocycles. The van der Waals surface area contributed by atoms with Crippen LogP contribution in [-0.2, 0) is 4.74 Å². The first-order valence-corrected chi connectivity index (χ1v) is 4.85. The van der Waals surface area contributed by atoms with Gasteiger partial charge in [-0.2, -0.15) is 0 Å². The second-order valence-corrected chi connectivity index (χ2v) is 3.82. The molecule has 0 N–H and O–H groups in total. The maximum atomic E-state index is 4.95. The SMILES string of the molecule is CCCC(Br)CCCOC. The van der Waals surface area contributed by atoms with Crippen molar-refractivity contribution in [3.63, 3.8) is 0 Å². The van der Waals surface area contributed by atoms with Gasteiger partial charge in [-0.1, -0.05) is 29.3 Å². The third-order valence-corrected chi connectivity index (χ3v) is 2.38. The van der Waals surface area contributed by atoms with Crippen LogP contribution in [0.25, 0.3) is 0 Å². The molecular formula is C8H17BrO. The highest BCUT2D eigenvalue weighted by molar-refractivity contribution is 9.09. The van der Waals surface area contributed by atoms with Crippen molar-refractivity contribution in [2.24, 2.45) is 0 Å². The van der Waals surface area contributed by atoms with Gasteiger partial charge in [0.2, 0.25) is 0 Å². The van der Waals surface area contributed by atoms with Crippen LogP contribution in [0, 0.1) is 0 Å². The number of alkyl halides is 1. The summed E-state index contributed by atoms with van der Waals surface area (Å²) in [7, 11) is 1.75. The molecule has 0 radical (unpaired) electrons. The first-order valence-electron chi connectivity index (χ1n) is 3.94. The Morgan fingerprint density at radius 2 is 2.10 bits per heavy atom. The lowest BCUT2D eigenvalue weighted by atomic mass is 10.2. The van der Waals surface area contributed by atoms with E-state index in [1.165, 1.54) is 25.7 Å². The summed E-state index contributed by atoms with van der Waals surface area (Å²) in [5.41, 5.74) is 0. The van der Waals surface area contributed by atoms with Crippen LogP contribution in [0.1, 0.15) is 32.6 Å². The van der Waals surface area contributed by atoms with Crippen molar-refractivity contribution in [1.82, 2.24) is 0 Å². The van der Waals surface area contributed by atoms with Crippen molar-refractivity contribution < 1.29 is 4.74 Å². The lowest BCUT2D eigenvalue weighted by Crippen LogP contribution is -1.99. The Bertz CT molecular complexity index is 66.3. The van der Waals surface area contributed by atoms with Crippen LogP contribution in [0.4, 0.5) is 0 Å². The fourth-order valence-electron chi connectivity index (χ4n) is 0.907. The molecule has 0 spiro atoms. The summed E-state index contributed by atoms with van der Waals surface area (Å²) in [6.07, 6.45) is 4.96. The number of methoxy groups -OCH3 is 1. The van der Waals surface area contributed by atoms with Crippen molar-refractivity contribution in [1.29, 1.82) is 0 Å². The average molecular weight is 209 g/mol. The second kappa shape index (κ2) is 7.55. The molecule has 0 saturated heterocycles. The lowest BCUT2D eigenvalue weighted by molar-refractivity contribution is 0.192. The predicted molar refractivity (Wildman–Crippen MR) is 48.7 cm³/mol. The highest BCUT2D eigenvalue weighted by Crippen LogP contribution is 2.13. The van der Waals surface area contributed by atoms with E-state index in [1.807, 2.05) is 0 Å². The Kier molecular flexibility index (Phi) is 7.88. The Labute approximate surface area is 72.3 Å². The van der Waals surface area contributed by atoms with E-state index in [0.717, 1.165) is 6.61 Å². The minimum atomic E-state index is 0.702. The van der Waals surface area contributed by atoms with Crippen LogP contribution < -0.4 is 0 Å². The van der Waals surface area contributed by atoms with Gasteiger partial charge in [0, 0.05) is 18.5 Å². The first-order chi connectivity index (χ1) is 4.81. The summed E-state index contributed by atoms with van der Waals surface area (Å²) in [6.45, 7) is 3.11. The second-order valence-electron chi connectivity index (χ2n) is 2.52. The monoisotopic (exact) mass is 208 g/mol. The summed E-state index contributed by atoms with van der Waals surface area (Å²) in [5.74, 6) is 0. The summed E-state index contributed by atoms with van der Waals surface area (Å²) >= 11 is 3.61. The molecule has 0 aromatic heterocycles. The van der Waals surface area contributed by atoms with E-state index in [1.54, 1.807) is 7.11 Å². The Morgan fingerprint density at radius 1 is 1.40 bits per heavy atom. The van der Waals surface area contributed by atoms with Gasteiger partial charge in [0.1, 0.15) is 0 Å². The van der Waals surface area contributed by atoms with Crippen molar-refractivity contribution >= 4 is 15.9 Å². The summed E-state index contributed by atoms with van der Waals surface area (Å²) < 4.78 is 4.95. The molecule has 0 rings (SSSR count). The molecule has 0 fully saturated rings. The molecule has 1 unspecified atom stereocenters. The Hall–Kier alpha value is 0.440. The van der Waals surface area contributed by atoms with E-state index >= 15 is 0 Å². The number of hydrogen-bond acceptors (Lipinski definition) is 1. The van der Waals surface area contributed by atoms with Crippen molar-refractivity contribution in [3.8, 4) is 0 Å². The standard InChI is InChI=1S/C8H17BrO/c1-3-5-8(9)6-4-7-10-2/h8H,3-7H2,1-2H3. The van der Waals surface area contributed by atoms with Crippen LogP contribution in [0.2, 0.25) is 0 Å². The van der Waals surface area contributed by atoms with Gasteiger partial charge >= 0.3 is 0 Å². The summed E-state index contributed by atoms with van der Waals surface area (Å²) in [6, 6.07) is 0. The average Bonchev–Trinajstić information content (AvgIpc) is 1.89. The van der Waals surface area contributed by atoms with E-state index in [-0.39, 0.29) is 0 Å². The van der Waals surface area contributed by atoms with Crippen LogP contribution in [0.3, 0.4) is 0 Å². The molecule has 62 valence electrons. The van der Waals surface area contributed by atoms with Crippen LogP contribution in [0.5, 0.6) is 0 Å². The zero-order valence-electron chi connectivity index (χ0n) is 6.90. The fourth-order valence-corrected chi connectivity index (χ4v) is 1.69. The highest BCUT2D eigenvalue weighted by Gasteiger charge is 2.00. The minimum Gasteiger partial charge on any atom is -0.385 e. The van der Waals surface area contributed by atoms with E-state index < -0.39 is 0 Å². The van der Waals surface area contributed by atoms with Gasteiger partial charge in [-0.3, -0.25) is 0 Å². The van der Waals surface area contributed by atoms with E-state index in [2.05, 4.69) is 22.9 Å². The minimum absolute atomic E-state index is 0.702. The van der Waals surface area contributed by atoms with Gasteiger partial charge in [-0.15, -0.1) is 0 Å². The molecule has 0 amide bonds. The number of ether oxygens (including phenoxy) is 1. The molecule has 2 heteroatoms. The third-order valence-electron chi connectivity index (χ3n) is 1.47. The third kappa shape index (κ3) is 6.56. The zero-order valence-corrected chi connectivity index (χ0v) is 8.49. The lowest BCUT2D eigenvalue weighted by Gasteiger charge is -2.06. The Morgan fingerprint density at radius 3 is 2.60 bits per heavy atom. The van der Waals surface area contributed by atoms with Crippen molar-refractivity contribution in [2.75, 3.05) is 13.7 Å². The van der Waals surface area contributed by atoms with E-state index in [4.69, 9.17) is 4.74 Å². The summed E-state index contributed by atoms with van der Waals surface area (Å²) in [5, 5.41) is 0. The molecule has 0 aliphatic rings. The molecule has 0 saturated carbocycles. The molecule has 0 aliphatic carbocycles. The number of hydrogen-bond donors (Lipinski definition) is 0. The fraction of sp³-hybridized carbons (Fsp3) is 1.00. The highest BCUT2D eigenvalue weighted by atomic mass is 79.9. The quantitative estimate of drug-likeness (QED) is 0.482. The summed E-state index contributed by atoms with van der Waals surface area (Å²) in [4.78, 5) is 0.702. The van der Waals surface area contributed by atoms with Gasteiger partial charge in [-0.25, -0.2) is 0 Å². The normalized spacial score (nSPS) is 13.5. The Balaban J connectivity index is 2.97. The molecule has 1 atom stereocenters. The largest absolute Gasteiger partial charge is 0.385 e. The molecule has 0 aromatic carbocycles. The number of halogens is 1. The van der Waals surface area contributed by atoms with Crippen molar-refractivity contribution in [3.05, 3.63) is 0 Å². The van der Waals surface area contributed by atoms with Crippen LogP contribution in [0.15, 0.2) is 0 Å². The van der Waals surface area contributed by atoms with Gasteiger partial charge in [0.25, 0.3) is 0 Å². The van der Waals surface area contributed by atoms with Gasteiger partial charge < -0.3 is 4.74 Å². The van der Waals surface area contributed by atoms with Gasteiger partial charge in [0.15, 0.2) is 0 Å². The first kappa shape index (κ1) is 10.4. The predicted octanol–water partition coefficient (Wildman–Crippen LogP) is 2.98. The number of rotatable bonds is 6. The smallest absolute Gasteiger partial charge is 0.0462 e. The van der Waals surface area contributed by atoms with Crippen LogP contribution >= 0.6 is 15.9 Å². The molecular weight excluding hydrogens is 192 g/mol. The molecule has 0 bridgehead atoms. The maximum absolute atomic E-state index is 4.95. The van der Waals surface area contributed by atoms with Crippen molar-refractivity contribution in [2.45, 2.75) is 37.4 Å². The van der Waals surface area contributed by atoms with E-state index in [9.17, 15) is 0 Å². The molecule has 0 heterocycles. The zero-order chi connectivity index (χ0) is 7.82. The molecule has 1 nitrogen and oxygen atoms in total. The van der Waals surface area contributed by atoms with Gasteiger partial charge in [0.05, 0.1) is 0 Å². The van der Waals surface area contributed by atoms with Gasteiger partial charge in [-0.05, 0) is 19.3 Å². The molecule has 0 aromatic rings. The van der Waals surface area contributed by atoms with E-state index in [0.29, 0.717) is 4.83 Å². The molecule has 10 heavy (non-hydrogen) atoms.